The molecule has 1 N–H and O–H groups in total. The molecule has 0 spiro atoms. The average Bonchev–Trinajstić information content (AvgIpc) is 2.49. The molecule has 5 heteroatoms. The van der Waals surface area contributed by atoms with Crippen molar-refractivity contribution in [3.05, 3.63) is 57.8 Å². The van der Waals surface area contributed by atoms with Crippen LogP contribution in [-0.4, -0.2) is 14.2 Å². The summed E-state index contributed by atoms with van der Waals surface area (Å²) in [5, 5.41) is 3.09. The minimum absolute atomic E-state index is 0.177. The van der Waals surface area contributed by atoms with Crippen LogP contribution in [0.15, 0.2) is 40.9 Å². The van der Waals surface area contributed by atoms with Gasteiger partial charge in [0.1, 0.15) is 23.9 Å². The van der Waals surface area contributed by atoms with Crippen molar-refractivity contribution >= 4 is 15.9 Å². The molecule has 0 aliphatic rings. The molecule has 0 fully saturated rings. The largest absolute Gasteiger partial charge is 0.497 e. The zero-order valence-corrected chi connectivity index (χ0v) is 13.5. The number of benzene rings is 2. The molecule has 2 aromatic rings. The topological polar surface area (TPSA) is 30.5 Å². The Labute approximate surface area is 132 Å². The van der Waals surface area contributed by atoms with E-state index in [9.17, 15) is 4.39 Å². The van der Waals surface area contributed by atoms with Gasteiger partial charge in [-0.3, -0.25) is 0 Å². The Bertz CT molecular complexity index is 619. The van der Waals surface area contributed by atoms with Crippen LogP contribution in [0.4, 0.5) is 4.39 Å². The maximum absolute atomic E-state index is 13.8. The van der Waals surface area contributed by atoms with Crippen molar-refractivity contribution in [2.75, 3.05) is 14.2 Å². The van der Waals surface area contributed by atoms with Crippen LogP contribution < -0.4 is 14.8 Å². The van der Waals surface area contributed by atoms with Gasteiger partial charge in [-0.1, -0.05) is 15.9 Å². The van der Waals surface area contributed by atoms with Crippen molar-refractivity contribution in [1.29, 1.82) is 0 Å². The first kappa shape index (κ1) is 15.8. The number of rotatable bonds is 6. The highest BCUT2D eigenvalue weighted by Gasteiger charge is 2.06. The van der Waals surface area contributed by atoms with Gasteiger partial charge < -0.3 is 14.8 Å². The van der Waals surface area contributed by atoms with E-state index in [1.807, 2.05) is 25.2 Å². The third kappa shape index (κ3) is 4.19. The van der Waals surface area contributed by atoms with E-state index in [1.54, 1.807) is 12.1 Å². The second-order valence-corrected chi connectivity index (χ2v) is 5.38. The van der Waals surface area contributed by atoms with Gasteiger partial charge in [-0.15, -0.1) is 0 Å². The van der Waals surface area contributed by atoms with Gasteiger partial charge in [0.15, 0.2) is 0 Å². The summed E-state index contributed by atoms with van der Waals surface area (Å²) in [7, 11) is 3.39. The zero-order valence-electron chi connectivity index (χ0n) is 12.0. The van der Waals surface area contributed by atoms with Crippen LogP contribution in [-0.2, 0) is 13.2 Å². The van der Waals surface area contributed by atoms with Crippen molar-refractivity contribution < 1.29 is 13.9 Å². The fourth-order valence-electron chi connectivity index (χ4n) is 1.90. The lowest BCUT2D eigenvalue weighted by Gasteiger charge is -2.11. The van der Waals surface area contributed by atoms with Crippen LogP contribution in [0.1, 0.15) is 11.1 Å². The molecule has 0 atom stereocenters. The summed E-state index contributed by atoms with van der Waals surface area (Å²) >= 11 is 3.49. The first-order valence-electron chi connectivity index (χ1n) is 6.52. The molecular weight excluding hydrogens is 337 g/mol. The van der Waals surface area contributed by atoms with E-state index in [-0.39, 0.29) is 12.4 Å². The zero-order chi connectivity index (χ0) is 15.2. The van der Waals surface area contributed by atoms with Gasteiger partial charge in [-0.05, 0) is 42.9 Å². The monoisotopic (exact) mass is 353 g/mol. The molecule has 0 saturated carbocycles. The molecule has 0 heterocycles. The molecule has 0 saturated heterocycles. The summed E-state index contributed by atoms with van der Waals surface area (Å²) in [6.45, 7) is 0.908. The number of hydrogen-bond donors (Lipinski definition) is 1. The summed E-state index contributed by atoms with van der Waals surface area (Å²) in [6.07, 6.45) is 0. The predicted octanol–water partition coefficient (Wildman–Crippen LogP) is 3.90. The Balaban J connectivity index is 2.07. The van der Waals surface area contributed by atoms with Gasteiger partial charge in [0.2, 0.25) is 0 Å². The van der Waals surface area contributed by atoms with Crippen molar-refractivity contribution in [3.63, 3.8) is 0 Å². The van der Waals surface area contributed by atoms with Gasteiger partial charge in [0, 0.05) is 22.6 Å². The summed E-state index contributed by atoms with van der Waals surface area (Å²) in [5.74, 6) is 0.872. The highest BCUT2D eigenvalue weighted by Crippen LogP contribution is 2.24. The second-order valence-electron chi connectivity index (χ2n) is 4.53. The van der Waals surface area contributed by atoms with E-state index in [0.29, 0.717) is 17.1 Å². The van der Waals surface area contributed by atoms with E-state index in [2.05, 4.69) is 21.2 Å². The lowest BCUT2D eigenvalue weighted by Crippen LogP contribution is -2.06. The van der Waals surface area contributed by atoms with Crippen LogP contribution >= 0.6 is 15.9 Å². The van der Waals surface area contributed by atoms with Crippen molar-refractivity contribution in [2.24, 2.45) is 0 Å². The molecule has 0 amide bonds. The summed E-state index contributed by atoms with van der Waals surface area (Å²) in [4.78, 5) is 0. The minimum atomic E-state index is -0.332. The molecule has 0 radical (unpaired) electrons. The Morgan fingerprint density at radius 1 is 1.10 bits per heavy atom. The second kappa shape index (κ2) is 7.43. The van der Waals surface area contributed by atoms with Gasteiger partial charge >= 0.3 is 0 Å². The first-order valence-corrected chi connectivity index (χ1v) is 7.31. The quantitative estimate of drug-likeness (QED) is 0.854. The Morgan fingerprint density at radius 2 is 1.86 bits per heavy atom. The molecule has 21 heavy (non-hydrogen) atoms. The molecular formula is C16H17BrFNO2. The summed E-state index contributed by atoms with van der Waals surface area (Å²) in [6, 6.07) is 10.4. The molecule has 2 aromatic carbocycles. The molecule has 0 aliphatic carbocycles. The maximum Gasteiger partial charge on any atom is 0.133 e. The van der Waals surface area contributed by atoms with E-state index in [4.69, 9.17) is 9.47 Å². The lowest BCUT2D eigenvalue weighted by molar-refractivity contribution is 0.299. The van der Waals surface area contributed by atoms with Crippen LogP contribution in [0, 0.1) is 5.82 Å². The minimum Gasteiger partial charge on any atom is -0.497 e. The van der Waals surface area contributed by atoms with Crippen LogP contribution in [0.25, 0.3) is 0 Å². The Hall–Kier alpha value is -1.59. The van der Waals surface area contributed by atoms with Crippen molar-refractivity contribution in [3.8, 4) is 11.5 Å². The van der Waals surface area contributed by atoms with Gasteiger partial charge in [0.25, 0.3) is 0 Å². The molecule has 0 bridgehead atoms. The fourth-order valence-corrected chi connectivity index (χ4v) is 2.29. The summed E-state index contributed by atoms with van der Waals surface area (Å²) in [5.41, 5.74) is 1.58. The Kier molecular flexibility index (Phi) is 5.59. The third-order valence-corrected chi connectivity index (χ3v) is 3.81. The third-order valence-electron chi connectivity index (χ3n) is 3.04. The molecule has 0 aromatic heterocycles. The van der Waals surface area contributed by atoms with E-state index < -0.39 is 0 Å². The van der Waals surface area contributed by atoms with Crippen molar-refractivity contribution in [1.82, 2.24) is 5.32 Å². The molecule has 0 aliphatic heterocycles. The number of halogens is 2. The van der Waals surface area contributed by atoms with Crippen LogP contribution in [0.5, 0.6) is 11.5 Å². The number of nitrogens with one attached hydrogen (secondary N) is 1. The van der Waals surface area contributed by atoms with Crippen molar-refractivity contribution in [2.45, 2.75) is 13.2 Å². The first-order chi connectivity index (χ1) is 10.1. The number of hydrogen-bond acceptors (Lipinski definition) is 3. The molecule has 0 unspecified atom stereocenters. The molecule has 2 rings (SSSR count). The number of methoxy groups -OCH3 is 1. The Morgan fingerprint density at radius 3 is 2.52 bits per heavy atom. The standard InChI is InChI=1S/C16H17BrFNO2/c1-19-9-12-7-14(5-6-15(12)17)21-10-11-3-4-13(20-2)8-16(11)18/h3-8,19H,9-10H2,1-2H3. The molecule has 3 nitrogen and oxygen atoms in total. The number of ether oxygens (including phenoxy) is 2. The fraction of sp³-hybridized carbons (Fsp3) is 0.250. The predicted molar refractivity (Wildman–Crippen MR) is 84.2 cm³/mol. The van der Waals surface area contributed by atoms with Crippen LogP contribution in [0.2, 0.25) is 0 Å². The van der Waals surface area contributed by atoms with Gasteiger partial charge in [-0.2, -0.15) is 0 Å². The smallest absolute Gasteiger partial charge is 0.133 e. The highest BCUT2D eigenvalue weighted by molar-refractivity contribution is 9.10. The molecule has 112 valence electrons. The van der Waals surface area contributed by atoms with Gasteiger partial charge in [-0.25, -0.2) is 4.39 Å². The van der Waals surface area contributed by atoms with E-state index in [0.717, 1.165) is 16.6 Å². The van der Waals surface area contributed by atoms with Crippen LogP contribution in [0.3, 0.4) is 0 Å². The normalized spacial score (nSPS) is 10.5. The maximum atomic E-state index is 13.8. The highest BCUT2D eigenvalue weighted by atomic mass is 79.9. The van der Waals surface area contributed by atoms with E-state index in [1.165, 1.54) is 13.2 Å². The summed E-state index contributed by atoms with van der Waals surface area (Å²) < 4.78 is 25.5. The lowest BCUT2D eigenvalue weighted by atomic mass is 10.2. The average molecular weight is 354 g/mol. The SMILES string of the molecule is CNCc1cc(OCc2ccc(OC)cc2F)ccc1Br. The van der Waals surface area contributed by atoms with E-state index >= 15 is 0 Å². The van der Waals surface area contributed by atoms with Gasteiger partial charge in [0.05, 0.1) is 7.11 Å².